The van der Waals surface area contributed by atoms with E-state index >= 15 is 0 Å². The molecule has 0 bridgehead atoms. The Morgan fingerprint density at radius 3 is 1.21 bits per heavy atom. The number of carbonyl (C=O) groups excluding carboxylic acids is 1. The number of likely N-dealkylation sites (tertiary alicyclic amines) is 2. The molecule has 0 N–H and O–H groups in total. The van der Waals surface area contributed by atoms with E-state index in [0.29, 0.717) is 5.41 Å². The van der Waals surface area contributed by atoms with Gasteiger partial charge in [0.2, 0.25) is 0 Å². The van der Waals surface area contributed by atoms with Crippen molar-refractivity contribution in [2.75, 3.05) is 26.2 Å². The minimum absolute atomic E-state index is 0.705. The van der Waals surface area contributed by atoms with Crippen molar-refractivity contribution in [2.24, 2.45) is 5.41 Å². The monoisotopic (exact) mass is 268 g/mol. The predicted octanol–water partition coefficient (Wildman–Crippen LogP) is 2.80. The zero-order valence-electron chi connectivity index (χ0n) is 13.3. The van der Waals surface area contributed by atoms with Gasteiger partial charge < -0.3 is 14.6 Å². The third-order valence-corrected chi connectivity index (χ3v) is 5.18. The van der Waals surface area contributed by atoms with E-state index in [4.69, 9.17) is 4.79 Å². The standard InChI is InChI=1S/C15H30N2.CH2O/c1-13(2)16-9-5-15(6-10-16)7-11-17(12-8-15)14(3)4;1-2/h13-14H,5-12H2,1-4H3;1H2. The maximum Gasteiger partial charge on any atom is 0.106 e. The second kappa shape index (κ2) is 7.39. The molecule has 0 saturated carbocycles. The molecular formula is C16H32N2O. The van der Waals surface area contributed by atoms with Crippen LogP contribution >= 0.6 is 0 Å². The highest BCUT2D eigenvalue weighted by atomic mass is 16.1. The van der Waals surface area contributed by atoms with Gasteiger partial charge in [-0.05, 0) is 85.0 Å². The lowest BCUT2D eigenvalue weighted by Gasteiger charge is -2.48. The molecule has 112 valence electrons. The van der Waals surface area contributed by atoms with Gasteiger partial charge in [-0.15, -0.1) is 0 Å². The summed E-state index contributed by atoms with van der Waals surface area (Å²) in [6.07, 6.45) is 5.77. The van der Waals surface area contributed by atoms with Gasteiger partial charge in [0.05, 0.1) is 0 Å². The lowest BCUT2D eigenvalue weighted by molar-refractivity contribution is -0.0979. The predicted molar refractivity (Wildman–Crippen MR) is 81.4 cm³/mol. The second-order valence-electron chi connectivity index (χ2n) is 6.76. The van der Waals surface area contributed by atoms with Crippen LogP contribution in [0.2, 0.25) is 0 Å². The van der Waals surface area contributed by atoms with E-state index in [2.05, 4.69) is 37.5 Å². The Bertz CT molecular complexity index is 220. The lowest BCUT2D eigenvalue weighted by atomic mass is 9.71. The molecule has 2 heterocycles. The smallest absolute Gasteiger partial charge is 0.106 e. The van der Waals surface area contributed by atoms with Crippen LogP contribution in [0, 0.1) is 5.41 Å². The van der Waals surface area contributed by atoms with E-state index in [-0.39, 0.29) is 0 Å². The molecule has 0 amide bonds. The molecule has 2 rings (SSSR count). The normalized spacial score (nSPS) is 24.5. The van der Waals surface area contributed by atoms with Crippen LogP contribution in [-0.4, -0.2) is 54.9 Å². The molecule has 0 aliphatic carbocycles. The molecule has 2 aliphatic heterocycles. The van der Waals surface area contributed by atoms with Crippen molar-refractivity contribution in [3.8, 4) is 0 Å². The highest BCUT2D eigenvalue weighted by Crippen LogP contribution is 2.41. The number of hydrogen-bond donors (Lipinski definition) is 0. The fraction of sp³-hybridized carbons (Fsp3) is 0.938. The Morgan fingerprint density at radius 1 is 0.737 bits per heavy atom. The molecule has 2 saturated heterocycles. The van der Waals surface area contributed by atoms with Crippen molar-refractivity contribution in [1.82, 2.24) is 9.80 Å². The quantitative estimate of drug-likeness (QED) is 0.769. The number of rotatable bonds is 2. The first kappa shape index (κ1) is 16.6. The molecule has 2 fully saturated rings. The third kappa shape index (κ3) is 4.28. The Hall–Kier alpha value is -0.410. The van der Waals surface area contributed by atoms with E-state index in [0.717, 1.165) is 12.1 Å². The van der Waals surface area contributed by atoms with Crippen LogP contribution in [0.25, 0.3) is 0 Å². The number of nitrogens with zero attached hydrogens (tertiary/aromatic N) is 2. The van der Waals surface area contributed by atoms with Gasteiger partial charge in [0, 0.05) is 12.1 Å². The van der Waals surface area contributed by atoms with E-state index in [1.807, 2.05) is 6.79 Å². The van der Waals surface area contributed by atoms with Crippen LogP contribution in [0.5, 0.6) is 0 Å². The SMILES string of the molecule is C=O.CC(C)N1CCC2(CC1)CCN(C(C)C)CC2. The first-order chi connectivity index (χ1) is 9.02. The van der Waals surface area contributed by atoms with Gasteiger partial charge in [0.1, 0.15) is 6.79 Å². The topological polar surface area (TPSA) is 23.6 Å². The van der Waals surface area contributed by atoms with E-state index in [1.54, 1.807) is 0 Å². The Labute approximate surface area is 119 Å². The van der Waals surface area contributed by atoms with Gasteiger partial charge in [-0.25, -0.2) is 0 Å². The lowest BCUT2D eigenvalue weighted by Crippen LogP contribution is -2.49. The summed E-state index contributed by atoms with van der Waals surface area (Å²) in [6.45, 7) is 16.7. The Kier molecular flexibility index (Phi) is 6.48. The number of carbonyl (C=O) groups is 1. The zero-order chi connectivity index (χ0) is 14.5. The van der Waals surface area contributed by atoms with Gasteiger partial charge >= 0.3 is 0 Å². The second-order valence-corrected chi connectivity index (χ2v) is 6.76. The summed E-state index contributed by atoms with van der Waals surface area (Å²) in [7, 11) is 0. The summed E-state index contributed by atoms with van der Waals surface area (Å²) >= 11 is 0. The fourth-order valence-electron chi connectivity index (χ4n) is 3.53. The third-order valence-electron chi connectivity index (χ3n) is 5.18. The molecule has 0 atom stereocenters. The van der Waals surface area contributed by atoms with E-state index in [1.165, 1.54) is 51.9 Å². The summed E-state index contributed by atoms with van der Waals surface area (Å²) in [5.41, 5.74) is 0.705. The molecule has 0 aromatic heterocycles. The molecule has 0 unspecified atom stereocenters. The van der Waals surface area contributed by atoms with Crippen LogP contribution in [0.1, 0.15) is 53.4 Å². The van der Waals surface area contributed by atoms with Crippen molar-refractivity contribution in [3.05, 3.63) is 0 Å². The maximum atomic E-state index is 8.00. The van der Waals surface area contributed by atoms with E-state index in [9.17, 15) is 0 Å². The molecule has 3 nitrogen and oxygen atoms in total. The summed E-state index contributed by atoms with van der Waals surface area (Å²) in [5.74, 6) is 0. The van der Waals surface area contributed by atoms with Gasteiger partial charge in [-0.2, -0.15) is 0 Å². The Morgan fingerprint density at radius 2 is 1.00 bits per heavy atom. The van der Waals surface area contributed by atoms with Gasteiger partial charge in [0.25, 0.3) is 0 Å². The summed E-state index contributed by atoms with van der Waals surface area (Å²) in [6, 6.07) is 1.48. The highest BCUT2D eigenvalue weighted by Gasteiger charge is 2.38. The molecule has 3 heteroatoms. The molecule has 0 radical (unpaired) electrons. The van der Waals surface area contributed by atoms with E-state index < -0.39 is 0 Å². The summed E-state index contributed by atoms with van der Waals surface area (Å²) < 4.78 is 0. The van der Waals surface area contributed by atoms with Crippen molar-refractivity contribution in [2.45, 2.75) is 65.5 Å². The molecule has 1 spiro atoms. The van der Waals surface area contributed by atoms with Crippen molar-refractivity contribution in [1.29, 1.82) is 0 Å². The van der Waals surface area contributed by atoms with Gasteiger partial charge in [0.15, 0.2) is 0 Å². The van der Waals surface area contributed by atoms with Crippen molar-refractivity contribution in [3.63, 3.8) is 0 Å². The molecular weight excluding hydrogens is 236 g/mol. The van der Waals surface area contributed by atoms with Crippen molar-refractivity contribution < 1.29 is 4.79 Å². The fourth-order valence-corrected chi connectivity index (χ4v) is 3.53. The molecule has 19 heavy (non-hydrogen) atoms. The van der Waals surface area contributed by atoms with Crippen LogP contribution in [0.15, 0.2) is 0 Å². The first-order valence-electron chi connectivity index (χ1n) is 7.79. The van der Waals surface area contributed by atoms with Crippen molar-refractivity contribution >= 4 is 6.79 Å². The maximum absolute atomic E-state index is 8.00. The van der Waals surface area contributed by atoms with Crippen LogP contribution in [0.3, 0.4) is 0 Å². The first-order valence-corrected chi connectivity index (χ1v) is 7.79. The summed E-state index contributed by atoms with van der Waals surface area (Å²) in [4.78, 5) is 13.3. The van der Waals surface area contributed by atoms with Crippen LogP contribution in [-0.2, 0) is 4.79 Å². The number of piperidine rings is 2. The average molecular weight is 268 g/mol. The highest BCUT2D eigenvalue weighted by molar-refractivity contribution is 5.11. The molecule has 0 aromatic rings. The molecule has 0 aromatic carbocycles. The Balaban J connectivity index is 0.000000861. The van der Waals surface area contributed by atoms with Gasteiger partial charge in [-0.1, -0.05) is 0 Å². The molecule has 2 aliphatic rings. The largest absolute Gasteiger partial charge is 0.307 e. The van der Waals surface area contributed by atoms with Gasteiger partial charge in [-0.3, -0.25) is 0 Å². The van der Waals surface area contributed by atoms with Crippen LogP contribution in [0.4, 0.5) is 0 Å². The summed E-state index contributed by atoms with van der Waals surface area (Å²) in [5, 5.41) is 0. The van der Waals surface area contributed by atoms with Crippen LogP contribution < -0.4 is 0 Å². The number of hydrogen-bond acceptors (Lipinski definition) is 3. The average Bonchev–Trinajstić information content (AvgIpc) is 2.42. The minimum Gasteiger partial charge on any atom is -0.307 e. The zero-order valence-corrected chi connectivity index (χ0v) is 13.3. The minimum atomic E-state index is 0.705.